The molecule has 4 nitrogen and oxygen atoms in total. The van der Waals surface area contributed by atoms with Crippen LogP contribution in [0.4, 0.5) is 0 Å². The quantitative estimate of drug-likeness (QED) is 0.430. The Labute approximate surface area is 164 Å². The molecule has 0 aliphatic rings. The summed E-state index contributed by atoms with van der Waals surface area (Å²) in [5.41, 5.74) is 2.38. The van der Waals surface area contributed by atoms with Gasteiger partial charge in [0.2, 0.25) is 0 Å². The standard InChI is InChI=1S/C15H24O.C7H8O3S/c1-3-4-5-6-7-8-9-14-10-12-15(16-2)13-11-14;1-6-2-4-7(5-3-6)11(8,9)10/h10-13H,3-9H2,1-2H3;2-5H,1H3,(H,8,9,10). The smallest absolute Gasteiger partial charge is 0.294 e. The lowest BCUT2D eigenvalue weighted by molar-refractivity contribution is 0.414. The van der Waals surface area contributed by atoms with E-state index in [1.54, 1.807) is 19.2 Å². The molecule has 0 saturated heterocycles. The molecule has 0 heterocycles. The average molecular weight is 393 g/mol. The second-order valence-corrected chi connectivity index (χ2v) is 8.08. The first-order valence-corrected chi connectivity index (χ1v) is 11.0. The van der Waals surface area contributed by atoms with Crippen molar-refractivity contribution in [3.8, 4) is 5.75 Å². The highest BCUT2D eigenvalue weighted by atomic mass is 32.2. The van der Waals surface area contributed by atoms with Crippen molar-refractivity contribution in [2.75, 3.05) is 7.11 Å². The fourth-order valence-electron chi connectivity index (χ4n) is 2.61. The second kappa shape index (κ2) is 12.5. The van der Waals surface area contributed by atoms with Gasteiger partial charge in [-0.05, 0) is 49.6 Å². The van der Waals surface area contributed by atoms with Crippen molar-refractivity contribution in [2.45, 2.75) is 63.7 Å². The molecular formula is C22H32O4S. The number of methoxy groups -OCH3 is 1. The Morgan fingerprint density at radius 3 is 1.93 bits per heavy atom. The number of ether oxygens (including phenoxy) is 1. The molecular weight excluding hydrogens is 360 g/mol. The minimum Gasteiger partial charge on any atom is -0.497 e. The zero-order valence-corrected chi connectivity index (χ0v) is 17.5. The van der Waals surface area contributed by atoms with E-state index in [0.717, 1.165) is 11.3 Å². The SMILES string of the molecule is CCCCCCCCc1ccc(OC)cc1.Cc1ccc(S(=O)(=O)O)cc1. The summed E-state index contributed by atoms with van der Waals surface area (Å²) >= 11 is 0. The van der Waals surface area contributed by atoms with Gasteiger partial charge in [-0.15, -0.1) is 0 Å². The average Bonchev–Trinajstić information content (AvgIpc) is 2.65. The molecule has 5 heteroatoms. The van der Waals surface area contributed by atoms with Gasteiger partial charge in [-0.2, -0.15) is 8.42 Å². The van der Waals surface area contributed by atoms with E-state index >= 15 is 0 Å². The van der Waals surface area contributed by atoms with Crippen LogP contribution in [-0.2, 0) is 16.5 Å². The van der Waals surface area contributed by atoms with E-state index in [0.29, 0.717) is 0 Å². The predicted molar refractivity (Wildman–Crippen MR) is 111 cm³/mol. The first kappa shape index (κ1) is 23.2. The van der Waals surface area contributed by atoms with Gasteiger partial charge in [0, 0.05) is 0 Å². The molecule has 0 unspecified atom stereocenters. The summed E-state index contributed by atoms with van der Waals surface area (Å²) < 4.78 is 34.7. The van der Waals surface area contributed by atoms with Crippen LogP contribution in [0.1, 0.15) is 56.6 Å². The molecule has 0 fully saturated rings. The summed E-state index contributed by atoms with van der Waals surface area (Å²) in [7, 11) is -2.31. The fourth-order valence-corrected chi connectivity index (χ4v) is 3.09. The Hall–Kier alpha value is -1.85. The van der Waals surface area contributed by atoms with Crippen molar-refractivity contribution >= 4 is 10.1 Å². The third kappa shape index (κ3) is 10.2. The van der Waals surface area contributed by atoms with Gasteiger partial charge in [-0.1, -0.05) is 68.9 Å². The van der Waals surface area contributed by atoms with Crippen LogP contribution in [-0.4, -0.2) is 20.1 Å². The Kier molecular flexibility index (Phi) is 10.8. The van der Waals surface area contributed by atoms with Crippen molar-refractivity contribution < 1.29 is 17.7 Å². The summed E-state index contributed by atoms with van der Waals surface area (Å²) in [6.07, 6.45) is 9.41. The molecule has 2 aromatic carbocycles. The summed E-state index contributed by atoms with van der Waals surface area (Å²) in [5.74, 6) is 0.951. The highest BCUT2D eigenvalue weighted by Gasteiger charge is 2.06. The fraction of sp³-hybridized carbons (Fsp3) is 0.455. The monoisotopic (exact) mass is 392 g/mol. The third-order valence-corrected chi connectivity index (χ3v) is 5.16. The van der Waals surface area contributed by atoms with E-state index in [1.165, 1.54) is 62.6 Å². The zero-order valence-electron chi connectivity index (χ0n) is 16.6. The topological polar surface area (TPSA) is 63.6 Å². The number of benzene rings is 2. The van der Waals surface area contributed by atoms with Crippen molar-refractivity contribution in [1.29, 1.82) is 0 Å². The van der Waals surface area contributed by atoms with Crippen LogP contribution in [0.25, 0.3) is 0 Å². The first-order valence-electron chi connectivity index (χ1n) is 9.54. The van der Waals surface area contributed by atoms with E-state index in [-0.39, 0.29) is 4.90 Å². The van der Waals surface area contributed by atoms with Crippen molar-refractivity contribution in [1.82, 2.24) is 0 Å². The van der Waals surface area contributed by atoms with Gasteiger partial charge in [0.1, 0.15) is 5.75 Å². The van der Waals surface area contributed by atoms with Crippen LogP contribution in [0.3, 0.4) is 0 Å². The van der Waals surface area contributed by atoms with Crippen LogP contribution < -0.4 is 4.74 Å². The summed E-state index contributed by atoms with van der Waals surface area (Å²) in [6.45, 7) is 4.10. The molecule has 0 aliphatic carbocycles. The van der Waals surface area contributed by atoms with E-state index in [2.05, 4.69) is 19.1 Å². The normalized spacial score (nSPS) is 10.8. The molecule has 0 bridgehead atoms. The number of hydrogen-bond acceptors (Lipinski definition) is 3. The number of hydrogen-bond donors (Lipinski definition) is 1. The van der Waals surface area contributed by atoms with Gasteiger partial charge in [-0.3, -0.25) is 4.55 Å². The zero-order chi connectivity index (χ0) is 20.1. The minimum atomic E-state index is -4.02. The minimum absolute atomic E-state index is 0.0666. The van der Waals surface area contributed by atoms with Gasteiger partial charge < -0.3 is 4.74 Å². The van der Waals surface area contributed by atoms with Crippen LogP contribution >= 0.6 is 0 Å². The molecule has 0 amide bonds. The van der Waals surface area contributed by atoms with Gasteiger partial charge in [-0.25, -0.2) is 0 Å². The molecule has 27 heavy (non-hydrogen) atoms. The molecule has 0 radical (unpaired) electrons. The first-order chi connectivity index (χ1) is 12.9. The predicted octanol–water partition coefficient (Wildman–Crippen LogP) is 5.84. The maximum atomic E-state index is 10.5. The van der Waals surface area contributed by atoms with Crippen LogP contribution in [0.5, 0.6) is 5.75 Å². The van der Waals surface area contributed by atoms with Crippen LogP contribution in [0, 0.1) is 6.92 Å². The van der Waals surface area contributed by atoms with Gasteiger partial charge in [0.15, 0.2) is 0 Å². The maximum absolute atomic E-state index is 10.5. The number of rotatable bonds is 9. The lowest BCUT2D eigenvalue weighted by atomic mass is 10.1. The Morgan fingerprint density at radius 2 is 1.41 bits per heavy atom. The van der Waals surface area contributed by atoms with E-state index < -0.39 is 10.1 Å². The van der Waals surface area contributed by atoms with Crippen molar-refractivity contribution in [2.24, 2.45) is 0 Å². The van der Waals surface area contributed by atoms with Crippen LogP contribution in [0.2, 0.25) is 0 Å². The molecule has 2 aromatic rings. The summed E-state index contributed by atoms with van der Waals surface area (Å²) in [4.78, 5) is -0.0666. The lowest BCUT2D eigenvalue weighted by Crippen LogP contribution is -1.96. The van der Waals surface area contributed by atoms with Crippen LogP contribution in [0.15, 0.2) is 53.4 Å². The van der Waals surface area contributed by atoms with Crippen molar-refractivity contribution in [3.05, 3.63) is 59.7 Å². The number of unbranched alkanes of at least 4 members (excludes halogenated alkanes) is 5. The Morgan fingerprint density at radius 1 is 0.852 bits per heavy atom. The van der Waals surface area contributed by atoms with Gasteiger partial charge in [0.25, 0.3) is 10.1 Å². The number of aryl methyl sites for hydroxylation is 2. The summed E-state index contributed by atoms with van der Waals surface area (Å²) in [6, 6.07) is 14.4. The summed E-state index contributed by atoms with van der Waals surface area (Å²) in [5, 5.41) is 0. The van der Waals surface area contributed by atoms with Gasteiger partial charge in [0.05, 0.1) is 12.0 Å². The molecule has 150 valence electrons. The lowest BCUT2D eigenvalue weighted by Gasteiger charge is -2.03. The molecule has 2 rings (SSSR count). The molecule has 0 aromatic heterocycles. The van der Waals surface area contributed by atoms with Crippen molar-refractivity contribution in [3.63, 3.8) is 0 Å². The molecule has 0 atom stereocenters. The van der Waals surface area contributed by atoms with E-state index in [1.807, 2.05) is 19.1 Å². The Bertz CT molecular complexity index is 735. The highest BCUT2D eigenvalue weighted by Crippen LogP contribution is 2.14. The van der Waals surface area contributed by atoms with E-state index in [4.69, 9.17) is 9.29 Å². The van der Waals surface area contributed by atoms with Gasteiger partial charge >= 0.3 is 0 Å². The highest BCUT2D eigenvalue weighted by molar-refractivity contribution is 7.85. The maximum Gasteiger partial charge on any atom is 0.294 e. The molecule has 0 aliphatic heterocycles. The molecule has 0 saturated carbocycles. The Balaban J connectivity index is 0.000000289. The molecule has 0 spiro atoms. The van der Waals surface area contributed by atoms with E-state index in [9.17, 15) is 8.42 Å². The largest absolute Gasteiger partial charge is 0.497 e. The molecule has 1 N–H and O–H groups in total. The third-order valence-electron chi connectivity index (χ3n) is 4.30. The second-order valence-electron chi connectivity index (χ2n) is 6.65.